The van der Waals surface area contributed by atoms with E-state index in [4.69, 9.17) is 4.74 Å². The molecule has 0 fully saturated rings. The van der Waals surface area contributed by atoms with Gasteiger partial charge in [-0.3, -0.25) is 4.68 Å². The molecule has 0 bridgehead atoms. The second kappa shape index (κ2) is 7.41. The van der Waals surface area contributed by atoms with E-state index in [-0.39, 0.29) is 6.04 Å². The fraction of sp³-hybridized carbons (Fsp3) is 0.750. The van der Waals surface area contributed by atoms with Gasteiger partial charge in [-0.05, 0) is 26.0 Å². The van der Waals surface area contributed by atoms with Crippen molar-refractivity contribution in [3.05, 3.63) is 18.0 Å². The lowest BCUT2D eigenvalue weighted by molar-refractivity contribution is 0.110. The van der Waals surface area contributed by atoms with Gasteiger partial charge >= 0.3 is 0 Å². The Balaban J connectivity index is 2.61. The van der Waals surface area contributed by atoms with E-state index in [0.29, 0.717) is 6.61 Å². The summed E-state index contributed by atoms with van der Waals surface area (Å²) in [6.07, 6.45) is 2.91. The number of nitrogens with zero attached hydrogens (tertiary/aromatic N) is 2. The maximum atomic E-state index is 5.62. The standard InChI is InChI=1S/C12H23N3O/c1-4-9-16-10-11(13-5-2)12-7-8-14-15(12)6-3/h7-8,11,13H,4-6,9-10H2,1-3H3. The van der Waals surface area contributed by atoms with Gasteiger partial charge in [0.1, 0.15) is 0 Å². The van der Waals surface area contributed by atoms with E-state index in [1.807, 2.05) is 10.9 Å². The smallest absolute Gasteiger partial charge is 0.0729 e. The van der Waals surface area contributed by atoms with Crippen molar-refractivity contribution < 1.29 is 4.74 Å². The first kappa shape index (κ1) is 13.2. The summed E-state index contributed by atoms with van der Waals surface area (Å²) in [6, 6.07) is 2.31. The zero-order valence-corrected chi connectivity index (χ0v) is 10.6. The minimum Gasteiger partial charge on any atom is -0.379 e. The van der Waals surface area contributed by atoms with Crippen molar-refractivity contribution in [2.24, 2.45) is 0 Å². The lowest BCUT2D eigenvalue weighted by Gasteiger charge is -2.19. The van der Waals surface area contributed by atoms with Crippen LogP contribution >= 0.6 is 0 Å². The van der Waals surface area contributed by atoms with Crippen LogP contribution in [0, 0.1) is 0 Å². The van der Waals surface area contributed by atoms with Gasteiger partial charge in [0.25, 0.3) is 0 Å². The van der Waals surface area contributed by atoms with Gasteiger partial charge in [-0.1, -0.05) is 13.8 Å². The predicted octanol–water partition coefficient (Wildman–Crippen LogP) is 1.98. The lowest BCUT2D eigenvalue weighted by Crippen LogP contribution is -2.28. The SMILES string of the molecule is CCCOCC(NCC)c1ccnn1CC. The number of aromatic nitrogens is 2. The van der Waals surface area contributed by atoms with E-state index >= 15 is 0 Å². The molecule has 92 valence electrons. The highest BCUT2D eigenvalue weighted by Crippen LogP contribution is 2.13. The molecule has 0 saturated heterocycles. The first-order valence-corrected chi connectivity index (χ1v) is 6.16. The average Bonchev–Trinajstić information content (AvgIpc) is 2.76. The van der Waals surface area contributed by atoms with E-state index in [1.54, 1.807) is 0 Å². The molecule has 4 nitrogen and oxygen atoms in total. The number of rotatable bonds is 8. The largest absolute Gasteiger partial charge is 0.379 e. The van der Waals surface area contributed by atoms with Gasteiger partial charge in [0.05, 0.1) is 18.3 Å². The van der Waals surface area contributed by atoms with Crippen molar-refractivity contribution >= 4 is 0 Å². The molecule has 1 heterocycles. The zero-order valence-electron chi connectivity index (χ0n) is 10.6. The predicted molar refractivity (Wildman–Crippen MR) is 65.4 cm³/mol. The van der Waals surface area contributed by atoms with E-state index in [1.165, 1.54) is 5.69 Å². The molecule has 0 aliphatic rings. The van der Waals surface area contributed by atoms with Crippen molar-refractivity contribution in [2.75, 3.05) is 19.8 Å². The fourth-order valence-corrected chi connectivity index (χ4v) is 1.74. The van der Waals surface area contributed by atoms with Crippen LogP contribution in [0.1, 0.15) is 38.9 Å². The van der Waals surface area contributed by atoms with Crippen LogP contribution in [-0.2, 0) is 11.3 Å². The molecule has 0 spiro atoms. The molecule has 1 rings (SSSR count). The Kier molecular flexibility index (Phi) is 6.11. The van der Waals surface area contributed by atoms with Gasteiger partial charge in [-0.15, -0.1) is 0 Å². The van der Waals surface area contributed by atoms with Crippen LogP contribution in [0.5, 0.6) is 0 Å². The second-order valence-corrected chi connectivity index (χ2v) is 3.76. The van der Waals surface area contributed by atoms with Crippen LogP contribution in [-0.4, -0.2) is 29.5 Å². The Labute approximate surface area is 98.0 Å². The number of likely N-dealkylation sites (N-methyl/N-ethyl adjacent to an activating group) is 1. The summed E-state index contributed by atoms with van der Waals surface area (Å²) in [6.45, 7) is 9.72. The van der Waals surface area contributed by atoms with Crippen LogP contribution in [0.25, 0.3) is 0 Å². The molecule has 1 atom stereocenters. The van der Waals surface area contributed by atoms with E-state index in [0.717, 1.165) is 26.1 Å². The summed E-state index contributed by atoms with van der Waals surface area (Å²) in [5.41, 5.74) is 1.21. The summed E-state index contributed by atoms with van der Waals surface area (Å²) in [5, 5.41) is 7.72. The Hall–Kier alpha value is -0.870. The minimum absolute atomic E-state index is 0.249. The average molecular weight is 225 g/mol. The van der Waals surface area contributed by atoms with Crippen LogP contribution in [0.15, 0.2) is 12.3 Å². The monoisotopic (exact) mass is 225 g/mol. The van der Waals surface area contributed by atoms with Crippen LogP contribution in [0.3, 0.4) is 0 Å². The molecule has 0 aromatic carbocycles. The summed E-state index contributed by atoms with van der Waals surface area (Å²) >= 11 is 0. The molecule has 4 heteroatoms. The van der Waals surface area contributed by atoms with Crippen molar-refractivity contribution in [1.29, 1.82) is 0 Å². The third kappa shape index (κ3) is 3.61. The topological polar surface area (TPSA) is 39.1 Å². The van der Waals surface area contributed by atoms with Crippen molar-refractivity contribution in [2.45, 2.75) is 39.8 Å². The van der Waals surface area contributed by atoms with Crippen LogP contribution in [0.2, 0.25) is 0 Å². The Morgan fingerprint density at radius 1 is 1.44 bits per heavy atom. The molecule has 0 aliphatic heterocycles. The molecule has 1 aromatic heterocycles. The van der Waals surface area contributed by atoms with Crippen molar-refractivity contribution in [1.82, 2.24) is 15.1 Å². The highest BCUT2D eigenvalue weighted by atomic mass is 16.5. The highest BCUT2D eigenvalue weighted by molar-refractivity contribution is 5.07. The third-order valence-corrected chi connectivity index (χ3v) is 2.49. The second-order valence-electron chi connectivity index (χ2n) is 3.76. The molecule has 0 saturated carbocycles. The number of hydrogen-bond acceptors (Lipinski definition) is 3. The molecule has 0 aliphatic carbocycles. The normalized spacial score (nSPS) is 12.9. The third-order valence-electron chi connectivity index (χ3n) is 2.49. The maximum Gasteiger partial charge on any atom is 0.0729 e. The summed E-state index contributed by atoms with van der Waals surface area (Å²) in [7, 11) is 0. The van der Waals surface area contributed by atoms with Gasteiger partial charge in [-0.25, -0.2) is 0 Å². The highest BCUT2D eigenvalue weighted by Gasteiger charge is 2.14. The molecule has 16 heavy (non-hydrogen) atoms. The minimum atomic E-state index is 0.249. The van der Waals surface area contributed by atoms with E-state index < -0.39 is 0 Å². The van der Waals surface area contributed by atoms with Crippen molar-refractivity contribution in [3.8, 4) is 0 Å². The van der Waals surface area contributed by atoms with Gasteiger partial charge in [0.2, 0.25) is 0 Å². The molecule has 1 N–H and O–H groups in total. The van der Waals surface area contributed by atoms with Gasteiger partial charge in [0.15, 0.2) is 0 Å². The molecule has 1 unspecified atom stereocenters. The van der Waals surface area contributed by atoms with Gasteiger partial charge in [-0.2, -0.15) is 5.10 Å². The maximum absolute atomic E-state index is 5.62. The summed E-state index contributed by atoms with van der Waals surface area (Å²) < 4.78 is 7.63. The Morgan fingerprint density at radius 3 is 2.88 bits per heavy atom. The Bertz CT molecular complexity index is 286. The number of ether oxygens (including phenoxy) is 1. The molecular weight excluding hydrogens is 202 g/mol. The molecule has 0 radical (unpaired) electrons. The molecule has 0 amide bonds. The number of hydrogen-bond donors (Lipinski definition) is 1. The van der Waals surface area contributed by atoms with Crippen LogP contribution in [0.4, 0.5) is 0 Å². The van der Waals surface area contributed by atoms with Crippen molar-refractivity contribution in [3.63, 3.8) is 0 Å². The molecule has 1 aromatic rings. The summed E-state index contributed by atoms with van der Waals surface area (Å²) in [5.74, 6) is 0. The Morgan fingerprint density at radius 2 is 2.25 bits per heavy atom. The first-order chi connectivity index (χ1) is 7.83. The summed E-state index contributed by atoms with van der Waals surface area (Å²) in [4.78, 5) is 0. The van der Waals surface area contributed by atoms with Gasteiger partial charge in [0, 0.05) is 19.3 Å². The number of aryl methyl sites for hydroxylation is 1. The quantitative estimate of drug-likeness (QED) is 0.688. The zero-order chi connectivity index (χ0) is 11.8. The van der Waals surface area contributed by atoms with E-state index in [2.05, 4.69) is 37.3 Å². The first-order valence-electron chi connectivity index (χ1n) is 6.16. The van der Waals surface area contributed by atoms with E-state index in [9.17, 15) is 0 Å². The lowest BCUT2D eigenvalue weighted by atomic mass is 10.2. The molecular formula is C12H23N3O. The number of nitrogens with one attached hydrogen (secondary N) is 1. The fourth-order valence-electron chi connectivity index (χ4n) is 1.74. The van der Waals surface area contributed by atoms with Crippen LogP contribution < -0.4 is 5.32 Å². The van der Waals surface area contributed by atoms with Gasteiger partial charge < -0.3 is 10.1 Å².